The van der Waals surface area contributed by atoms with Gasteiger partial charge >= 0.3 is 0 Å². The molecule has 5 nitrogen and oxygen atoms in total. The summed E-state index contributed by atoms with van der Waals surface area (Å²) in [6.07, 6.45) is 3.25. The van der Waals surface area contributed by atoms with Crippen molar-refractivity contribution in [2.24, 2.45) is 17.1 Å². The Morgan fingerprint density at radius 3 is 2.56 bits per heavy atom. The second-order valence-electron chi connectivity index (χ2n) is 8.14. The van der Waals surface area contributed by atoms with Crippen LogP contribution < -0.4 is 11.1 Å². The van der Waals surface area contributed by atoms with Crippen LogP contribution in [0, 0.1) is 11.3 Å². The maximum Gasteiger partial charge on any atom is 0.240 e. The first kappa shape index (κ1) is 24.9. The van der Waals surface area contributed by atoms with Crippen LogP contribution in [0.5, 0.6) is 0 Å². The summed E-state index contributed by atoms with van der Waals surface area (Å²) in [6.45, 7) is 14.1. The van der Waals surface area contributed by atoms with Crippen molar-refractivity contribution in [2.45, 2.75) is 71.6 Å². The minimum atomic E-state index is -0.818. The van der Waals surface area contributed by atoms with E-state index in [4.69, 9.17) is 10.5 Å². The highest BCUT2D eigenvalue weighted by molar-refractivity contribution is 5.88. The third-order valence-corrected chi connectivity index (χ3v) is 6.10. The maximum atomic E-state index is 12.7. The second kappa shape index (κ2) is 9.75. The van der Waals surface area contributed by atoms with Crippen molar-refractivity contribution < 1.29 is 9.53 Å². The van der Waals surface area contributed by atoms with Crippen molar-refractivity contribution in [1.29, 1.82) is 0 Å². The smallest absolute Gasteiger partial charge is 0.240 e. The Hall–Kier alpha value is -0.0700. The van der Waals surface area contributed by atoms with E-state index in [2.05, 4.69) is 24.1 Å². The number of rotatable bonds is 6. The Morgan fingerprint density at radius 1 is 1.40 bits per heavy atom. The summed E-state index contributed by atoms with van der Waals surface area (Å²) in [5.74, 6) is 0.718. The topological polar surface area (TPSA) is 67.6 Å². The number of hydrogen-bond acceptors (Lipinski definition) is 4. The molecule has 0 aromatic rings. The Morgan fingerprint density at radius 2 is 2.04 bits per heavy atom. The standard InChI is InChI=1S/C18H35N3O2.2ClH/c1-6-23-15-10-18(19,17(15,4)5)16(22)20-11-14(3)21-9-7-8-13(2)12-21;;/h13-15H,6-12,19H2,1-5H3,(H,20,22);2*1H. The predicted octanol–water partition coefficient (Wildman–Crippen LogP) is 2.60. The summed E-state index contributed by atoms with van der Waals surface area (Å²) in [4.78, 5) is 15.1. The van der Waals surface area contributed by atoms with E-state index in [-0.39, 0.29) is 42.2 Å². The van der Waals surface area contributed by atoms with Crippen LogP contribution in [0.3, 0.4) is 0 Å². The van der Waals surface area contributed by atoms with Crippen molar-refractivity contribution >= 4 is 30.7 Å². The van der Waals surface area contributed by atoms with E-state index in [1.807, 2.05) is 20.8 Å². The molecule has 4 atom stereocenters. The van der Waals surface area contributed by atoms with Crippen LogP contribution in [0.2, 0.25) is 0 Å². The average molecular weight is 398 g/mol. The number of carbonyl (C=O) groups is 1. The van der Waals surface area contributed by atoms with E-state index >= 15 is 0 Å². The molecule has 3 N–H and O–H groups in total. The van der Waals surface area contributed by atoms with Gasteiger partial charge in [-0.15, -0.1) is 24.8 Å². The molecule has 150 valence electrons. The fourth-order valence-electron chi connectivity index (χ4n) is 3.97. The summed E-state index contributed by atoms with van der Waals surface area (Å²) in [7, 11) is 0. The molecule has 1 saturated heterocycles. The third-order valence-electron chi connectivity index (χ3n) is 6.10. The quantitative estimate of drug-likeness (QED) is 0.722. The number of carbonyl (C=O) groups excluding carboxylic acids is 1. The summed E-state index contributed by atoms with van der Waals surface area (Å²) in [6, 6.07) is 0.358. The Balaban J connectivity index is 0.00000288. The van der Waals surface area contributed by atoms with Gasteiger partial charge in [0.15, 0.2) is 0 Å². The number of likely N-dealkylation sites (tertiary alicyclic amines) is 1. The van der Waals surface area contributed by atoms with Crippen molar-refractivity contribution in [1.82, 2.24) is 10.2 Å². The molecule has 0 aromatic carbocycles. The molecule has 0 aromatic heterocycles. The lowest BCUT2D eigenvalue weighted by Gasteiger charge is -2.57. The molecular weight excluding hydrogens is 361 g/mol. The SMILES string of the molecule is CCOC1CC(N)(C(=O)NCC(C)N2CCCC(C)C2)C1(C)C.Cl.Cl. The highest BCUT2D eigenvalue weighted by Gasteiger charge is 2.62. The molecule has 0 bridgehead atoms. The van der Waals surface area contributed by atoms with Gasteiger partial charge < -0.3 is 15.8 Å². The van der Waals surface area contributed by atoms with Crippen LogP contribution in [0.4, 0.5) is 0 Å². The molecule has 2 fully saturated rings. The van der Waals surface area contributed by atoms with Gasteiger partial charge in [-0.1, -0.05) is 20.8 Å². The van der Waals surface area contributed by atoms with E-state index in [1.165, 1.54) is 12.8 Å². The van der Waals surface area contributed by atoms with Crippen LogP contribution in [0.25, 0.3) is 0 Å². The highest BCUT2D eigenvalue weighted by atomic mass is 35.5. The number of hydrogen-bond donors (Lipinski definition) is 2. The number of nitrogens with two attached hydrogens (primary N) is 1. The van der Waals surface area contributed by atoms with E-state index in [9.17, 15) is 4.79 Å². The first-order chi connectivity index (χ1) is 10.7. The van der Waals surface area contributed by atoms with Crippen molar-refractivity contribution in [3.8, 4) is 0 Å². The summed E-state index contributed by atoms with van der Waals surface area (Å²) < 4.78 is 5.70. The molecule has 1 amide bonds. The molecule has 0 spiro atoms. The van der Waals surface area contributed by atoms with Gasteiger partial charge in [0.25, 0.3) is 0 Å². The van der Waals surface area contributed by atoms with Crippen molar-refractivity contribution in [3.63, 3.8) is 0 Å². The molecule has 4 unspecified atom stereocenters. The summed E-state index contributed by atoms with van der Waals surface area (Å²) in [5, 5.41) is 3.09. The number of amides is 1. The fourth-order valence-corrected chi connectivity index (χ4v) is 3.97. The molecule has 7 heteroatoms. The van der Waals surface area contributed by atoms with Gasteiger partial charge in [0.1, 0.15) is 5.54 Å². The molecule has 1 heterocycles. The highest BCUT2D eigenvalue weighted by Crippen LogP contribution is 2.49. The van der Waals surface area contributed by atoms with Crippen LogP contribution in [0.1, 0.15) is 53.9 Å². The van der Waals surface area contributed by atoms with E-state index in [0.717, 1.165) is 19.0 Å². The van der Waals surface area contributed by atoms with E-state index < -0.39 is 5.54 Å². The number of halogens is 2. The minimum Gasteiger partial charge on any atom is -0.378 e. The van der Waals surface area contributed by atoms with Crippen molar-refractivity contribution in [2.75, 3.05) is 26.2 Å². The zero-order chi connectivity index (χ0) is 17.3. The fraction of sp³-hybridized carbons (Fsp3) is 0.944. The number of nitrogens with zero attached hydrogens (tertiary/aromatic N) is 1. The average Bonchev–Trinajstić information content (AvgIpc) is 2.51. The molecular formula is C18H37Cl2N3O2. The van der Waals surface area contributed by atoms with Crippen LogP contribution in [0.15, 0.2) is 0 Å². The lowest BCUT2D eigenvalue weighted by molar-refractivity contribution is -0.170. The molecule has 1 saturated carbocycles. The third kappa shape index (κ3) is 5.01. The second-order valence-corrected chi connectivity index (χ2v) is 8.14. The van der Waals surface area contributed by atoms with Crippen LogP contribution in [-0.2, 0) is 9.53 Å². The van der Waals surface area contributed by atoms with Gasteiger partial charge in [0.2, 0.25) is 5.91 Å². The van der Waals surface area contributed by atoms with Crippen LogP contribution in [-0.4, -0.2) is 54.7 Å². The van der Waals surface area contributed by atoms with Gasteiger partial charge in [-0.25, -0.2) is 0 Å². The Bertz CT molecular complexity index is 437. The molecule has 2 rings (SSSR count). The minimum absolute atomic E-state index is 0. The van der Waals surface area contributed by atoms with Crippen LogP contribution >= 0.6 is 24.8 Å². The number of nitrogens with one attached hydrogen (secondary N) is 1. The van der Waals surface area contributed by atoms with Gasteiger partial charge in [0, 0.05) is 37.6 Å². The molecule has 0 radical (unpaired) electrons. The van der Waals surface area contributed by atoms with Crippen molar-refractivity contribution in [3.05, 3.63) is 0 Å². The normalized spacial score (nSPS) is 32.6. The molecule has 2 aliphatic rings. The maximum absolute atomic E-state index is 12.7. The predicted molar refractivity (Wildman–Crippen MR) is 108 cm³/mol. The number of ether oxygens (including phenoxy) is 1. The molecule has 1 aliphatic heterocycles. The van der Waals surface area contributed by atoms with E-state index in [0.29, 0.717) is 25.6 Å². The van der Waals surface area contributed by atoms with Gasteiger partial charge in [-0.3, -0.25) is 9.69 Å². The molecule has 25 heavy (non-hydrogen) atoms. The summed E-state index contributed by atoms with van der Waals surface area (Å²) >= 11 is 0. The van der Waals surface area contributed by atoms with Gasteiger partial charge in [0.05, 0.1) is 6.10 Å². The zero-order valence-electron chi connectivity index (χ0n) is 16.3. The van der Waals surface area contributed by atoms with E-state index in [1.54, 1.807) is 0 Å². The van der Waals surface area contributed by atoms with Gasteiger partial charge in [-0.2, -0.15) is 0 Å². The Kier molecular flexibility index (Phi) is 9.72. The first-order valence-electron chi connectivity index (χ1n) is 9.15. The first-order valence-corrected chi connectivity index (χ1v) is 9.15. The monoisotopic (exact) mass is 397 g/mol. The number of piperidine rings is 1. The molecule has 1 aliphatic carbocycles. The zero-order valence-corrected chi connectivity index (χ0v) is 18.0. The van der Waals surface area contributed by atoms with Gasteiger partial charge in [-0.05, 0) is 39.2 Å². The largest absolute Gasteiger partial charge is 0.378 e. The summed E-state index contributed by atoms with van der Waals surface area (Å²) in [5.41, 5.74) is 5.28. The Labute approximate surface area is 165 Å². The lowest BCUT2D eigenvalue weighted by Crippen LogP contribution is -2.76. The lowest BCUT2D eigenvalue weighted by atomic mass is 9.54.